The largest absolute Gasteiger partial charge is 0.496 e. The molecule has 0 saturated heterocycles. The lowest BCUT2D eigenvalue weighted by atomic mass is 9.96. The Morgan fingerprint density at radius 2 is 1.81 bits per heavy atom. The quantitative estimate of drug-likeness (QED) is 0.643. The first-order chi connectivity index (χ1) is 10.1. The van der Waals surface area contributed by atoms with Crippen molar-refractivity contribution < 1.29 is 9.47 Å². The standard InChI is InChI=1S/C15H20N4O2/c1-9-6-13(20-3)10(2)5-11(9)15(19-16)12-7-14(21-4)18-8-17-12/h5-8,15,19H,16H2,1-4H3. The van der Waals surface area contributed by atoms with Crippen molar-refractivity contribution in [1.29, 1.82) is 0 Å². The second kappa shape index (κ2) is 6.51. The van der Waals surface area contributed by atoms with Crippen molar-refractivity contribution in [1.82, 2.24) is 15.4 Å². The highest BCUT2D eigenvalue weighted by molar-refractivity contribution is 5.45. The van der Waals surface area contributed by atoms with Gasteiger partial charge in [-0.2, -0.15) is 0 Å². The van der Waals surface area contributed by atoms with Crippen LogP contribution in [0.3, 0.4) is 0 Å². The molecule has 0 saturated carbocycles. The molecule has 2 aromatic rings. The third kappa shape index (κ3) is 3.12. The van der Waals surface area contributed by atoms with E-state index >= 15 is 0 Å². The van der Waals surface area contributed by atoms with Crippen LogP contribution in [0.4, 0.5) is 0 Å². The van der Waals surface area contributed by atoms with Crippen molar-refractivity contribution in [2.75, 3.05) is 14.2 Å². The van der Waals surface area contributed by atoms with Gasteiger partial charge in [-0.25, -0.2) is 15.4 Å². The highest BCUT2D eigenvalue weighted by atomic mass is 16.5. The summed E-state index contributed by atoms with van der Waals surface area (Å²) < 4.78 is 10.5. The van der Waals surface area contributed by atoms with Gasteiger partial charge < -0.3 is 9.47 Å². The van der Waals surface area contributed by atoms with Gasteiger partial charge in [0.05, 0.1) is 26.0 Å². The average molecular weight is 288 g/mol. The van der Waals surface area contributed by atoms with Crippen LogP contribution in [0, 0.1) is 13.8 Å². The van der Waals surface area contributed by atoms with Crippen LogP contribution in [0.25, 0.3) is 0 Å². The van der Waals surface area contributed by atoms with Crippen LogP contribution in [0.2, 0.25) is 0 Å². The minimum absolute atomic E-state index is 0.244. The molecular weight excluding hydrogens is 268 g/mol. The van der Waals surface area contributed by atoms with Crippen LogP contribution in [0.5, 0.6) is 11.6 Å². The SMILES string of the molecule is COc1cc(C(NN)c2cc(C)c(OC)cc2C)ncn1. The zero-order chi connectivity index (χ0) is 15.4. The first kappa shape index (κ1) is 15.2. The lowest BCUT2D eigenvalue weighted by Gasteiger charge is -2.20. The summed E-state index contributed by atoms with van der Waals surface area (Å²) >= 11 is 0. The van der Waals surface area contributed by atoms with Gasteiger partial charge in [-0.3, -0.25) is 5.84 Å². The van der Waals surface area contributed by atoms with E-state index in [1.54, 1.807) is 20.3 Å². The molecule has 1 aromatic carbocycles. The van der Waals surface area contributed by atoms with Crippen molar-refractivity contribution in [2.24, 2.45) is 5.84 Å². The number of rotatable bonds is 5. The van der Waals surface area contributed by atoms with Crippen LogP contribution in [-0.2, 0) is 0 Å². The Kier molecular flexibility index (Phi) is 4.72. The molecule has 3 N–H and O–H groups in total. The van der Waals surface area contributed by atoms with E-state index in [9.17, 15) is 0 Å². The van der Waals surface area contributed by atoms with Gasteiger partial charge in [0.2, 0.25) is 5.88 Å². The highest BCUT2D eigenvalue weighted by Gasteiger charge is 2.18. The summed E-state index contributed by atoms with van der Waals surface area (Å²) in [5.41, 5.74) is 6.70. The summed E-state index contributed by atoms with van der Waals surface area (Å²) in [6, 6.07) is 5.57. The van der Waals surface area contributed by atoms with E-state index in [1.165, 1.54) is 6.33 Å². The molecule has 0 amide bonds. The van der Waals surface area contributed by atoms with Crippen LogP contribution in [0.15, 0.2) is 24.5 Å². The number of benzene rings is 1. The molecule has 0 spiro atoms. The Hall–Kier alpha value is -2.18. The van der Waals surface area contributed by atoms with Crippen LogP contribution in [-0.4, -0.2) is 24.2 Å². The molecule has 0 aliphatic rings. The fourth-order valence-corrected chi connectivity index (χ4v) is 2.30. The number of methoxy groups -OCH3 is 2. The number of nitrogens with zero attached hydrogens (tertiary/aromatic N) is 2. The normalized spacial score (nSPS) is 12.0. The minimum atomic E-state index is -0.244. The molecular formula is C15H20N4O2. The van der Waals surface area contributed by atoms with Crippen LogP contribution >= 0.6 is 0 Å². The van der Waals surface area contributed by atoms with E-state index in [-0.39, 0.29) is 6.04 Å². The molecule has 1 heterocycles. The van der Waals surface area contributed by atoms with Gasteiger partial charge in [0.25, 0.3) is 0 Å². The molecule has 0 radical (unpaired) electrons. The molecule has 1 aromatic heterocycles. The van der Waals surface area contributed by atoms with Crippen molar-refractivity contribution in [2.45, 2.75) is 19.9 Å². The molecule has 0 aliphatic heterocycles. The molecule has 0 aliphatic carbocycles. The predicted octanol–water partition coefficient (Wildman–Crippen LogP) is 1.66. The van der Waals surface area contributed by atoms with Gasteiger partial charge in [0, 0.05) is 6.07 Å². The summed E-state index contributed by atoms with van der Waals surface area (Å²) in [5.74, 6) is 7.09. The Bertz CT molecular complexity index is 631. The number of ether oxygens (including phenoxy) is 2. The highest BCUT2D eigenvalue weighted by Crippen LogP contribution is 2.29. The van der Waals surface area contributed by atoms with Crippen molar-refractivity contribution in [3.05, 3.63) is 46.9 Å². The summed E-state index contributed by atoms with van der Waals surface area (Å²) in [6.07, 6.45) is 1.46. The van der Waals surface area contributed by atoms with Crippen LogP contribution < -0.4 is 20.7 Å². The van der Waals surface area contributed by atoms with E-state index in [1.807, 2.05) is 26.0 Å². The molecule has 112 valence electrons. The number of hydrogen-bond donors (Lipinski definition) is 2. The fraction of sp³-hybridized carbons (Fsp3) is 0.333. The molecule has 0 bridgehead atoms. The second-order valence-corrected chi connectivity index (χ2v) is 4.76. The van der Waals surface area contributed by atoms with Gasteiger partial charge in [-0.05, 0) is 36.6 Å². The third-order valence-corrected chi connectivity index (χ3v) is 3.43. The summed E-state index contributed by atoms with van der Waals surface area (Å²) in [6.45, 7) is 4.01. The maximum absolute atomic E-state index is 5.74. The number of aryl methyl sites for hydroxylation is 2. The topological polar surface area (TPSA) is 82.3 Å². The number of nitrogens with two attached hydrogens (primary N) is 1. The number of nitrogens with one attached hydrogen (secondary N) is 1. The molecule has 0 fully saturated rings. The zero-order valence-electron chi connectivity index (χ0n) is 12.7. The van der Waals surface area contributed by atoms with E-state index in [4.69, 9.17) is 15.3 Å². The van der Waals surface area contributed by atoms with Gasteiger partial charge in [0.1, 0.15) is 12.1 Å². The smallest absolute Gasteiger partial charge is 0.216 e. The lowest BCUT2D eigenvalue weighted by Crippen LogP contribution is -2.30. The molecule has 21 heavy (non-hydrogen) atoms. The number of aromatic nitrogens is 2. The Morgan fingerprint density at radius 3 is 2.43 bits per heavy atom. The Morgan fingerprint density at radius 1 is 1.05 bits per heavy atom. The van der Waals surface area contributed by atoms with Crippen LogP contribution in [0.1, 0.15) is 28.4 Å². The Balaban J connectivity index is 2.48. The predicted molar refractivity (Wildman–Crippen MR) is 80.2 cm³/mol. The monoisotopic (exact) mass is 288 g/mol. The van der Waals surface area contributed by atoms with E-state index in [0.717, 1.165) is 28.1 Å². The number of hydrazine groups is 1. The summed E-state index contributed by atoms with van der Waals surface area (Å²) in [5, 5.41) is 0. The third-order valence-electron chi connectivity index (χ3n) is 3.43. The van der Waals surface area contributed by atoms with Gasteiger partial charge in [-0.1, -0.05) is 6.07 Å². The fourth-order valence-electron chi connectivity index (χ4n) is 2.30. The second-order valence-electron chi connectivity index (χ2n) is 4.76. The summed E-state index contributed by atoms with van der Waals surface area (Å²) in [7, 11) is 3.23. The maximum atomic E-state index is 5.74. The average Bonchev–Trinajstić information content (AvgIpc) is 2.51. The maximum Gasteiger partial charge on any atom is 0.216 e. The van der Waals surface area contributed by atoms with Crippen molar-refractivity contribution >= 4 is 0 Å². The van der Waals surface area contributed by atoms with Gasteiger partial charge in [0.15, 0.2) is 0 Å². The zero-order valence-corrected chi connectivity index (χ0v) is 12.7. The van der Waals surface area contributed by atoms with E-state index < -0.39 is 0 Å². The van der Waals surface area contributed by atoms with Gasteiger partial charge in [-0.15, -0.1) is 0 Å². The Labute approximate surface area is 124 Å². The first-order valence-electron chi connectivity index (χ1n) is 6.58. The summed E-state index contributed by atoms with van der Waals surface area (Å²) in [4.78, 5) is 8.30. The number of hydrogen-bond acceptors (Lipinski definition) is 6. The molecule has 2 rings (SSSR count). The lowest BCUT2D eigenvalue weighted by molar-refractivity contribution is 0.394. The van der Waals surface area contributed by atoms with Gasteiger partial charge >= 0.3 is 0 Å². The molecule has 1 atom stereocenters. The van der Waals surface area contributed by atoms with Crippen molar-refractivity contribution in [3.8, 4) is 11.6 Å². The van der Waals surface area contributed by atoms with E-state index in [2.05, 4.69) is 15.4 Å². The molecule has 1 unspecified atom stereocenters. The minimum Gasteiger partial charge on any atom is -0.496 e. The molecule has 6 nitrogen and oxygen atoms in total. The van der Waals surface area contributed by atoms with E-state index in [0.29, 0.717) is 5.88 Å². The first-order valence-corrected chi connectivity index (χ1v) is 6.58. The molecule has 6 heteroatoms. The van der Waals surface area contributed by atoms with Crippen molar-refractivity contribution in [3.63, 3.8) is 0 Å².